The van der Waals surface area contributed by atoms with E-state index in [1.54, 1.807) is 13.2 Å². The number of hydrogen-bond acceptors (Lipinski definition) is 6. The Morgan fingerprint density at radius 3 is 2.38 bits per heavy atom. The molecule has 192 valence electrons. The van der Waals surface area contributed by atoms with Gasteiger partial charge in [-0.25, -0.2) is 4.68 Å². The first-order chi connectivity index (χ1) is 17.9. The summed E-state index contributed by atoms with van der Waals surface area (Å²) in [7, 11) is 1.54. The molecule has 2 aromatic carbocycles. The van der Waals surface area contributed by atoms with Crippen LogP contribution in [-0.2, 0) is 16.0 Å². The second kappa shape index (κ2) is 10.2. The Labute approximate surface area is 216 Å². The number of carbonyl (C=O) groups is 3. The monoisotopic (exact) mass is 501 g/mol. The lowest BCUT2D eigenvalue weighted by molar-refractivity contribution is -0.130. The Kier molecular flexibility index (Phi) is 6.80. The second-order valence-corrected chi connectivity index (χ2v) is 9.40. The molecule has 1 aromatic heterocycles. The van der Waals surface area contributed by atoms with Crippen molar-refractivity contribution in [3.8, 4) is 5.69 Å². The minimum atomic E-state index is -0.285. The number of para-hydroxylation sites is 1. The van der Waals surface area contributed by atoms with Crippen LogP contribution >= 0.6 is 0 Å². The molecule has 0 atom stereocenters. The highest BCUT2D eigenvalue weighted by molar-refractivity contribution is 6.23. The van der Waals surface area contributed by atoms with Crippen LogP contribution in [0.3, 0.4) is 0 Å². The molecule has 5 rings (SSSR count). The minimum Gasteiger partial charge on any atom is -0.383 e. The van der Waals surface area contributed by atoms with Gasteiger partial charge in [0.1, 0.15) is 0 Å². The van der Waals surface area contributed by atoms with Crippen molar-refractivity contribution in [3.05, 3.63) is 76.6 Å². The molecule has 0 spiro atoms. The van der Waals surface area contributed by atoms with Crippen LogP contribution in [0.15, 0.2) is 48.5 Å². The zero-order chi connectivity index (χ0) is 26.1. The van der Waals surface area contributed by atoms with Gasteiger partial charge in [-0.2, -0.15) is 5.10 Å². The van der Waals surface area contributed by atoms with Crippen LogP contribution < -0.4 is 4.90 Å². The number of fused-ring (bicyclic) bond motifs is 1. The van der Waals surface area contributed by atoms with Gasteiger partial charge in [-0.3, -0.25) is 19.3 Å². The molecule has 9 nitrogen and oxygen atoms in total. The standard InChI is InChI=1S/C28H31N5O4/c1-19-23(20(2)33(29-19)21-8-5-4-6-9-21)18-25(34)31-14-12-30(13-15-31)24-11-7-10-22-26(24)28(36)32(27(22)35)16-17-37-3/h4-11H,12-18H2,1-3H3. The molecule has 1 saturated heterocycles. The van der Waals surface area contributed by atoms with E-state index in [0.717, 1.165) is 28.3 Å². The summed E-state index contributed by atoms with van der Waals surface area (Å²) in [4.78, 5) is 44.3. The largest absolute Gasteiger partial charge is 0.383 e. The molecular formula is C28H31N5O4. The number of nitrogens with zero attached hydrogens (tertiary/aromatic N) is 5. The first-order valence-corrected chi connectivity index (χ1v) is 12.5. The van der Waals surface area contributed by atoms with Gasteiger partial charge < -0.3 is 14.5 Å². The Morgan fingerprint density at radius 2 is 1.68 bits per heavy atom. The van der Waals surface area contributed by atoms with E-state index in [4.69, 9.17) is 4.74 Å². The van der Waals surface area contributed by atoms with E-state index < -0.39 is 0 Å². The van der Waals surface area contributed by atoms with E-state index in [2.05, 4.69) is 10.00 Å². The molecule has 2 aliphatic heterocycles. The van der Waals surface area contributed by atoms with Crippen molar-refractivity contribution in [2.45, 2.75) is 20.3 Å². The van der Waals surface area contributed by atoms with Gasteiger partial charge >= 0.3 is 0 Å². The number of rotatable bonds is 7. The highest BCUT2D eigenvalue weighted by Crippen LogP contribution is 2.32. The fourth-order valence-electron chi connectivity index (χ4n) is 5.18. The van der Waals surface area contributed by atoms with Gasteiger partial charge in [0.2, 0.25) is 5.91 Å². The number of amides is 3. The molecular weight excluding hydrogens is 470 g/mol. The molecule has 37 heavy (non-hydrogen) atoms. The van der Waals surface area contributed by atoms with E-state index in [1.807, 2.05) is 65.9 Å². The maximum absolute atomic E-state index is 13.2. The fraction of sp³-hybridized carbons (Fsp3) is 0.357. The van der Waals surface area contributed by atoms with Gasteiger partial charge in [0, 0.05) is 44.5 Å². The summed E-state index contributed by atoms with van der Waals surface area (Å²) in [5, 5.41) is 4.67. The SMILES string of the molecule is COCCN1C(=O)c2cccc(N3CCN(C(=O)Cc4c(C)nn(-c5ccccc5)c4C)CC3)c2C1=O. The van der Waals surface area contributed by atoms with Crippen molar-refractivity contribution in [2.24, 2.45) is 0 Å². The molecule has 3 heterocycles. The predicted molar refractivity (Wildman–Crippen MR) is 139 cm³/mol. The summed E-state index contributed by atoms with van der Waals surface area (Å²) in [6, 6.07) is 15.3. The van der Waals surface area contributed by atoms with E-state index >= 15 is 0 Å². The van der Waals surface area contributed by atoms with E-state index in [1.165, 1.54) is 4.90 Å². The van der Waals surface area contributed by atoms with Gasteiger partial charge in [0.25, 0.3) is 11.8 Å². The normalized spacial score (nSPS) is 15.5. The highest BCUT2D eigenvalue weighted by atomic mass is 16.5. The van der Waals surface area contributed by atoms with Crippen molar-refractivity contribution < 1.29 is 19.1 Å². The first kappa shape index (κ1) is 24.7. The van der Waals surface area contributed by atoms with Crippen LogP contribution in [0.4, 0.5) is 5.69 Å². The molecule has 2 aliphatic rings. The molecule has 0 bridgehead atoms. The Morgan fingerprint density at radius 1 is 0.946 bits per heavy atom. The number of aromatic nitrogens is 2. The minimum absolute atomic E-state index is 0.0637. The Bertz CT molecular complexity index is 1340. The lowest BCUT2D eigenvalue weighted by Crippen LogP contribution is -2.49. The topological polar surface area (TPSA) is 88.0 Å². The van der Waals surface area contributed by atoms with Crippen LogP contribution in [0, 0.1) is 13.8 Å². The maximum atomic E-state index is 13.2. The molecule has 0 saturated carbocycles. The van der Waals surface area contributed by atoms with Crippen LogP contribution in [0.25, 0.3) is 5.69 Å². The summed E-state index contributed by atoms with van der Waals surface area (Å²) < 4.78 is 6.95. The zero-order valence-electron chi connectivity index (χ0n) is 21.4. The molecule has 1 fully saturated rings. The summed E-state index contributed by atoms with van der Waals surface area (Å²) in [6.07, 6.45) is 0.298. The third-order valence-electron chi connectivity index (χ3n) is 7.24. The number of ether oxygens (including phenoxy) is 1. The Balaban J connectivity index is 1.27. The van der Waals surface area contributed by atoms with E-state index in [9.17, 15) is 14.4 Å². The number of piperazine rings is 1. The van der Waals surface area contributed by atoms with Crippen LogP contribution in [0.1, 0.15) is 37.7 Å². The molecule has 0 aliphatic carbocycles. The Hall–Kier alpha value is -3.98. The summed E-state index contributed by atoms with van der Waals surface area (Å²) in [5.41, 5.74) is 5.38. The van der Waals surface area contributed by atoms with Gasteiger partial charge in [-0.15, -0.1) is 0 Å². The number of carbonyl (C=O) groups excluding carboxylic acids is 3. The molecule has 3 aromatic rings. The maximum Gasteiger partial charge on any atom is 0.263 e. The lowest BCUT2D eigenvalue weighted by atomic mass is 10.1. The van der Waals surface area contributed by atoms with Crippen LogP contribution in [0.2, 0.25) is 0 Å². The van der Waals surface area contributed by atoms with Gasteiger partial charge in [0.05, 0.1) is 47.8 Å². The van der Waals surface area contributed by atoms with Crippen molar-refractivity contribution in [1.82, 2.24) is 19.6 Å². The van der Waals surface area contributed by atoms with Gasteiger partial charge in [-0.1, -0.05) is 24.3 Å². The third-order valence-corrected chi connectivity index (χ3v) is 7.24. The van der Waals surface area contributed by atoms with Crippen molar-refractivity contribution >= 4 is 23.4 Å². The van der Waals surface area contributed by atoms with Crippen LogP contribution in [0.5, 0.6) is 0 Å². The van der Waals surface area contributed by atoms with E-state index in [0.29, 0.717) is 50.3 Å². The molecule has 0 unspecified atom stereocenters. The molecule has 0 radical (unpaired) electrons. The second-order valence-electron chi connectivity index (χ2n) is 9.40. The quantitative estimate of drug-likeness (QED) is 0.463. The van der Waals surface area contributed by atoms with Crippen LogP contribution in [-0.4, -0.2) is 83.7 Å². The fourth-order valence-corrected chi connectivity index (χ4v) is 5.18. The molecule has 3 amide bonds. The summed E-state index contributed by atoms with van der Waals surface area (Å²) in [5.74, 6) is -0.504. The molecule has 9 heteroatoms. The van der Waals surface area contributed by atoms with Gasteiger partial charge in [-0.05, 0) is 38.1 Å². The van der Waals surface area contributed by atoms with E-state index in [-0.39, 0.29) is 24.3 Å². The number of aryl methyl sites for hydroxylation is 1. The van der Waals surface area contributed by atoms with Crippen molar-refractivity contribution in [3.63, 3.8) is 0 Å². The number of benzene rings is 2. The highest BCUT2D eigenvalue weighted by Gasteiger charge is 2.38. The lowest BCUT2D eigenvalue weighted by Gasteiger charge is -2.36. The first-order valence-electron chi connectivity index (χ1n) is 12.5. The smallest absolute Gasteiger partial charge is 0.263 e. The average Bonchev–Trinajstić information content (AvgIpc) is 3.34. The number of anilines is 1. The zero-order valence-corrected chi connectivity index (χ0v) is 21.4. The van der Waals surface area contributed by atoms with Gasteiger partial charge in [0.15, 0.2) is 0 Å². The predicted octanol–water partition coefficient (Wildman–Crippen LogP) is 2.62. The summed E-state index contributed by atoms with van der Waals surface area (Å²) in [6.45, 7) is 6.72. The number of methoxy groups -OCH3 is 1. The third kappa shape index (κ3) is 4.51. The summed E-state index contributed by atoms with van der Waals surface area (Å²) >= 11 is 0. The number of imide groups is 1. The number of hydrogen-bond donors (Lipinski definition) is 0. The molecule has 0 N–H and O–H groups in total. The van der Waals surface area contributed by atoms with Crippen molar-refractivity contribution in [1.29, 1.82) is 0 Å². The average molecular weight is 502 g/mol. The van der Waals surface area contributed by atoms with Crippen molar-refractivity contribution in [2.75, 3.05) is 51.3 Å².